The Morgan fingerprint density at radius 2 is 2.40 bits per heavy atom. The molecular formula is C11H15ClN2O. The lowest BCUT2D eigenvalue weighted by atomic mass is 9.80. The van der Waals surface area contributed by atoms with Crippen molar-refractivity contribution in [1.29, 1.82) is 0 Å². The number of nitrogens with one attached hydrogen (secondary N) is 1. The predicted molar refractivity (Wildman–Crippen MR) is 61.3 cm³/mol. The minimum Gasteiger partial charge on any atom is -0.382 e. The molecule has 15 heavy (non-hydrogen) atoms. The summed E-state index contributed by atoms with van der Waals surface area (Å²) < 4.78 is 5.51. The van der Waals surface area contributed by atoms with E-state index in [1.807, 2.05) is 12.1 Å². The molecule has 1 heterocycles. The van der Waals surface area contributed by atoms with E-state index in [9.17, 15) is 0 Å². The number of hydrogen-bond donors (Lipinski definition) is 1. The monoisotopic (exact) mass is 226 g/mol. The van der Waals surface area contributed by atoms with E-state index >= 15 is 0 Å². The molecule has 1 aliphatic carbocycles. The third-order valence-corrected chi connectivity index (χ3v) is 3.25. The lowest BCUT2D eigenvalue weighted by molar-refractivity contribution is -0.0601. The predicted octanol–water partition coefficient (Wildman–Crippen LogP) is 2.72. The van der Waals surface area contributed by atoms with Gasteiger partial charge in [0.1, 0.15) is 5.15 Å². The molecular weight excluding hydrogens is 212 g/mol. The first-order chi connectivity index (χ1) is 7.24. The maximum Gasteiger partial charge on any atom is 0.131 e. The molecule has 0 radical (unpaired) electrons. The van der Waals surface area contributed by atoms with Crippen LogP contribution in [0.5, 0.6) is 0 Å². The van der Waals surface area contributed by atoms with Gasteiger partial charge in [0.2, 0.25) is 0 Å². The first kappa shape index (κ1) is 10.7. The van der Waals surface area contributed by atoms with Gasteiger partial charge in [0, 0.05) is 25.5 Å². The minimum absolute atomic E-state index is 0.0374. The van der Waals surface area contributed by atoms with Gasteiger partial charge in [-0.15, -0.1) is 0 Å². The zero-order chi connectivity index (χ0) is 10.7. The number of pyridine rings is 1. The molecule has 0 saturated heterocycles. The maximum atomic E-state index is 5.79. The van der Waals surface area contributed by atoms with E-state index in [4.69, 9.17) is 16.3 Å². The lowest BCUT2D eigenvalue weighted by Crippen LogP contribution is -2.45. The highest BCUT2D eigenvalue weighted by atomic mass is 35.5. The van der Waals surface area contributed by atoms with E-state index in [2.05, 4.69) is 10.3 Å². The third kappa shape index (κ3) is 2.41. The molecule has 0 aromatic carbocycles. The van der Waals surface area contributed by atoms with Crippen LogP contribution in [0.3, 0.4) is 0 Å². The molecule has 0 bridgehead atoms. The topological polar surface area (TPSA) is 34.1 Å². The molecule has 2 rings (SSSR count). The molecule has 3 nitrogen and oxygen atoms in total. The Labute approximate surface area is 94.8 Å². The Hall–Kier alpha value is -0.800. The number of halogens is 1. The van der Waals surface area contributed by atoms with Gasteiger partial charge in [-0.05, 0) is 31.4 Å². The number of rotatable bonds is 4. The largest absolute Gasteiger partial charge is 0.382 e. The second kappa shape index (κ2) is 4.37. The van der Waals surface area contributed by atoms with Gasteiger partial charge in [-0.1, -0.05) is 11.6 Å². The van der Waals surface area contributed by atoms with Gasteiger partial charge in [0.25, 0.3) is 0 Å². The molecule has 0 amide bonds. The molecule has 1 N–H and O–H groups in total. The Bertz CT molecular complexity index is 334. The van der Waals surface area contributed by atoms with Crippen LogP contribution in [0, 0.1) is 0 Å². The van der Waals surface area contributed by atoms with Gasteiger partial charge in [-0.3, -0.25) is 0 Å². The molecule has 1 aromatic heterocycles. The van der Waals surface area contributed by atoms with Crippen LogP contribution in [0.1, 0.15) is 19.3 Å². The van der Waals surface area contributed by atoms with Gasteiger partial charge in [-0.25, -0.2) is 4.98 Å². The molecule has 4 heteroatoms. The summed E-state index contributed by atoms with van der Waals surface area (Å²) in [6, 6.07) is 3.73. The normalized spacial score (nSPS) is 18.3. The molecule has 1 fully saturated rings. The van der Waals surface area contributed by atoms with E-state index < -0.39 is 0 Å². The van der Waals surface area contributed by atoms with Crippen molar-refractivity contribution in [3.05, 3.63) is 23.5 Å². The van der Waals surface area contributed by atoms with Crippen LogP contribution >= 0.6 is 11.6 Å². The summed E-state index contributed by atoms with van der Waals surface area (Å²) in [5.41, 5.74) is 1.04. The fourth-order valence-electron chi connectivity index (χ4n) is 1.80. The number of anilines is 1. The molecule has 82 valence electrons. The summed E-state index contributed by atoms with van der Waals surface area (Å²) >= 11 is 5.79. The fourth-order valence-corrected chi connectivity index (χ4v) is 1.97. The SMILES string of the molecule is COC1(CNc2ccnc(Cl)c2)CCC1. The number of methoxy groups -OCH3 is 1. The van der Waals surface area contributed by atoms with Crippen molar-refractivity contribution in [3.63, 3.8) is 0 Å². The van der Waals surface area contributed by atoms with Gasteiger partial charge < -0.3 is 10.1 Å². The standard InChI is InChI=1S/C11H15ClN2O/c1-15-11(4-2-5-11)8-14-9-3-6-13-10(12)7-9/h3,6-7H,2,4-5,8H2,1H3,(H,13,14). The molecule has 0 unspecified atom stereocenters. The first-order valence-corrected chi connectivity index (χ1v) is 5.52. The summed E-state index contributed by atoms with van der Waals surface area (Å²) in [4.78, 5) is 3.93. The quantitative estimate of drug-likeness (QED) is 0.802. The highest BCUT2D eigenvalue weighted by Crippen LogP contribution is 2.35. The van der Waals surface area contributed by atoms with Crippen molar-refractivity contribution in [2.24, 2.45) is 0 Å². The van der Waals surface area contributed by atoms with Crippen LogP contribution in [-0.4, -0.2) is 24.2 Å². The van der Waals surface area contributed by atoms with Gasteiger partial charge >= 0.3 is 0 Å². The summed E-state index contributed by atoms with van der Waals surface area (Å²) in [7, 11) is 1.78. The molecule has 1 saturated carbocycles. The molecule has 0 atom stereocenters. The average molecular weight is 227 g/mol. The number of nitrogens with zero attached hydrogens (tertiary/aromatic N) is 1. The van der Waals surface area contributed by atoms with Crippen LogP contribution in [0.15, 0.2) is 18.3 Å². The van der Waals surface area contributed by atoms with E-state index in [0.717, 1.165) is 25.1 Å². The molecule has 1 aliphatic rings. The van der Waals surface area contributed by atoms with E-state index in [0.29, 0.717) is 5.15 Å². The zero-order valence-electron chi connectivity index (χ0n) is 8.79. The second-order valence-corrected chi connectivity index (χ2v) is 4.35. The minimum atomic E-state index is 0.0374. The van der Waals surface area contributed by atoms with E-state index in [1.165, 1.54) is 6.42 Å². The van der Waals surface area contributed by atoms with Crippen molar-refractivity contribution < 1.29 is 4.74 Å². The summed E-state index contributed by atoms with van der Waals surface area (Å²) in [5, 5.41) is 3.84. The highest BCUT2D eigenvalue weighted by Gasteiger charge is 2.36. The van der Waals surface area contributed by atoms with Crippen molar-refractivity contribution >= 4 is 17.3 Å². The summed E-state index contributed by atoms with van der Waals surface area (Å²) in [6.07, 6.45) is 5.22. The maximum absolute atomic E-state index is 5.79. The third-order valence-electron chi connectivity index (χ3n) is 3.04. The molecule has 1 aromatic rings. The molecule has 0 aliphatic heterocycles. The van der Waals surface area contributed by atoms with Crippen molar-refractivity contribution in [2.75, 3.05) is 19.0 Å². The Morgan fingerprint density at radius 3 is 2.93 bits per heavy atom. The van der Waals surface area contributed by atoms with Crippen molar-refractivity contribution in [3.8, 4) is 0 Å². The van der Waals surface area contributed by atoms with Crippen LogP contribution in [0.2, 0.25) is 5.15 Å². The van der Waals surface area contributed by atoms with Crippen LogP contribution in [0.25, 0.3) is 0 Å². The lowest BCUT2D eigenvalue weighted by Gasteiger charge is -2.40. The number of hydrogen-bond acceptors (Lipinski definition) is 3. The summed E-state index contributed by atoms with van der Waals surface area (Å²) in [6.45, 7) is 0.837. The average Bonchev–Trinajstić information content (AvgIpc) is 2.17. The number of aromatic nitrogens is 1. The highest BCUT2D eigenvalue weighted by molar-refractivity contribution is 6.29. The Balaban J connectivity index is 1.92. The number of ether oxygens (including phenoxy) is 1. The van der Waals surface area contributed by atoms with Crippen molar-refractivity contribution in [1.82, 2.24) is 4.98 Å². The first-order valence-electron chi connectivity index (χ1n) is 5.15. The summed E-state index contributed by atoms with van der Waals surface area (Å²) in [5.74, 6) is 0. The smallest absolute Gasteiger partial charge is 0.131 e. The van der Waals surface area contributed by atoms with Gasteiger partial charge in [0.05, 0.1) is 5.60 Å². The van der Waals surface area contributed by atoms with Crippen LogP contribution in [0.4, 0.5) is 5.69 Å². The van der Waals surface area contributed by atoms with Gasteiger partial charge in [-0.2, -0.15) is 0 Å². The Kier molecular flexibility index (Phi) is 3.12. The fraction of sp³-hybridized carbons (Fsp3) is 0.545. The Morgan fingerprint density at radius 1 is 1.60 bits per heavy atom. The van der Waals surface area contributed by atoms with Crippen molar-refractivity contribution in [2.45, 2.75) is 24.9 Å². The molecule has 0 spiro atoms. The van der Waals surface area contributed by atoms with Crippen LogP contribution < -0.4 is 5.32 Å². The second-order valence-electron chi connectivity index (χ2n) is 3.96. The van der Waals surface area contributed by atoms with E-state index in [-0.39, 0.29) is 5.60 Å². The van der Waals surface area contributed by atoms with E-state index in [1.54, 1.807) is 13.3 Å². The van der Waals surface area contributed by atoms with Crippen LogP contribution in [-0.2, 0) is 4.74 Å². The zero-order valence-corrected chi connectivity index (χ0v) is 9.55. The van der Waals surface area contributed by atoms with Gasteiger partial charge in [0.15, 0.2) is 0 Å².